The number of hydrogen-bond donors (Lipinski definition) is 1. The van der Waals surface area contributed by atoms with Crippen LogP contribution in [0.2, 0.25) is 0 Å². The van der Waals surface area contributed by atoms with Crippen molar-refractivity contribution in [2.75, 3.05) is 0 Å². The van der Waals surface area contributed by atoms with Gasteiger partial charge in [-0.1, -0.05) is 19.1 Å². The first kappa shape index (κ1) is 21.2. The summed E-state index contributed by atoms with van der Waals surface area (Å²) in [5, 5.41) is 19.6. The number of nitrogens with zero attached hydrogens (tertiary/aromatic N) is 1. The molecule has 0 amide bonds. The second-order valence-corrected chi connectivity index (χ2v) is 11.8. The van der Waals surface area contributed by atoms with E-state index in [9.17, 15) is 9.90 Å². The Morgan fingerprint density at radius 2 is 1.74 bits per heavy atom. The summed E-state index contributed by atoms with van der Waals surface area (Å²) in [6, 6.07) is 9.31. The van der Waals surface area contributed by atoms with Crippen LogP contribution in [0.25, 0.3) is 0 Å². The van der Waals surface area contributed by atoms with Crippen molar-refractivity contribution in [2.45, 2.75) is 83.7 Å². The summed E-state index contributed by atoms with van der Waals surface area (Å²) < 4.78 is 0. The van der Waals surface area contributed by atoms with Gasteiger partial charge in [0.15, 0.2) is 5.78 Å². The first-order chi connectivity index (χ1) is 14.8. The summed E-state index contributed by atoms with van der Waals surface area (Å²) in [4.78, 5) is 13.0. The highest BCUT2D eigenvalue weighted by Crippen LogP contribution is 2.65. The van der Waals surface area contributed by atoms with Gasteiger partial charge < -0.3 is 5.11 Å². The third kappa shape index (κ3) is 3.66. The summed E-state index contributed by atoms with van der Waals surface area (Å²) in [6.07, 6.45) is 11.5. The van der Waals surface area contributed by atoms with E-state index in [1.54, 1.807) is 12.1 Å². The average Bonchev–Trinajstić information content (AvgIpc) is 3.09. The molecule has 31 heavy (non-hydrogen) atoms. The summed E-state index contributed by atoms with van der Waals surface area (Å²) >= 11 is 0. The third-order valence-electron chi connectivity index (χ3n) is 10.2. The number of nitriles is 1. The number of aliphatic hydroxyl groups is 1. The molecule has 3 nitrogen and oxygen atoms in total. The molecule has 5 rings (SSSR count). The normalized spacial score (nSPS) is 43.9. The highest BCUT2D eigenvalue weighted by molar-refractivity contribution is 5.96. The van der Waals surface area contributed by atoms with Crippen molar-refractivity contribution in [3.05, 3.63) is 35.4 Å². The van der Waals surface area contributed by atoms with E-state index in [-0.39, 0.29) is 5.78 Å². The Kier molecular flexibility index (Phi) is 5.29. The lowest BCUT2D eigenvalue weighted by Gasteiger charge is -2.57. The van der Waals surface area contributed by atoms with E-state index >= 15 is 0 Å². The van der Waals surface area contributed by atoms with Crippen molar-refractivity contribution in [3.8, 4) is 6.07 Å². The lowest BCUT2D eigenvalue weighted by Crippen LogP contribution is -2.50. The van der Waals surface area contributed by atoms with Crippen LogP contribution in [-0.4, -0.2) is 16.5 Å². The van der Waals surface area contributed by atoms with Crippen molar-refractivity contribution in [1.82, 2.24) is 0 Å². The zero-order chi connectivity index (χ0) is 21.8. The van der Waals surface area contributed by atoms with Crippen LogP contribution in [0.3, 0.4) is 0 Å². The standard InChI is InChI=1S/C28H37NO2/c1-27(31)13-11-22-20(16-27)7-9-24-23(22)12-14-28(2)21(8-10-25(24)28)15-26(30)19-5-3-18(17-29)4-6-19/h3-6,20-25,31H,7-16H2,1-2H3/t20-,21-,22+,23-,24-,25+,27-,28-/m1/s1. The van der Waals surface area contributed by atoms with Gasteiger partial charge in [-0.15, -0.1) is 0 Å². The van der Waals surface area contributed by atoms with Crippen LogP contribution in [0.1, 0.15) is 94.0 Å². The maximum atomic E-state index is 13.0. The lowest BCUT2D eigenvalue weighted by atomic mass is 9.49. The van der Waals surface area contributed by atoms with E-state index < -0.39 is 5.60 Å². The average molecular weight is 420 g/mol. The molecule has 1 aromatic rings. The Hall–Kier alpha value is -1.66. The predicted octanol–water partition coefficient (Wildman–Crippen LogP) is 6.15. The minimum absolute atomic E-state index is 0.247. The van der Waals surface area contributed by atoms with E-state index in [1.807, 2.05) is 19.1 Å². The predicted molar refractivity (Wildman–Crippen MR) is 121 cm³/mol. The van der Waals surface area contributed by atoms with Crippen LogP contribution in [0.5, 0.6) is 0 Å². The molecule has 1 aromatic carbocycles. The molecule has 0 aromatic heterocycles. The van der Waals surface area contributed by atoms with Crippen molar-refractivity contribution < 1.29 is 9.90 Å². The van der Waals surface area contributed by atoms with Crippen molar-refractivity contribution >= 4 is 5.78 Å². The largest absolute Gasteiger partial charge is 0.390 e. The number of fused-ring (bicyclic) bond motifs is 5. The van der Waals surface area contributed by atoms with Crippen LogP contribution in [0, 0.1) is 52.3 Å². The second-order valence-electron chi connectivity index (χ2n) is 11.8. The van der Waals surface area contributed by atoms with E-state index in [0.717, 1.165) is 48.0 Å². The van der Waals surface area contributed by atoms with Crippen LogP contribution in [-0.2, 0) is 0 Å². The summed E-state index contributed by atoms with van der Waals surface area (Å²) in [5.41, 5.74) is 1.23. The fourth-order valence-electron chi connectivity index (χ4n) is 8.60. The summed E-state index contributed by atoms with van der Waals surface area (Å²) in [7, 11) is 0. The molecular weight excluding hydrogens is 382 g/mol. The molecule has 0 saturated heterocycles. The minimum atomic E-state index is -0.443. The molecule has 1 N–H and O–H groups in total. The van der Waals surface area contributed by atoms with Gasteiger partial charge >= 0.3 is 0 Å². The molecule has 0 aliphatic heterocycles. The van der Waals surface area contributed by atoms with Crippen LogP contribution < -0.4 is 0 Å². The monoisotopic (exact) mass is 419 g/mol. The Labute approximate surface area is 187 Å². The first-order valence-electron chi connectivity index (χ1n) is 12.6. The maximum absolute atomic E-state index is 13.0. The molecule has 0 radical (unpaired) electrons. The highest BCUT2D eigenvalue weighted by atomic mass is 16.3. The SMILES string of the molecule is C[C@@]1(O)CC[C@H]2[C@H](CC[C@@H]3[C@@H]2CC[C@]2(C)[C@@H](CC(=O)c4ccc(C#N)cc4)CC[C@@H]32)C1. The van der Waals surface area contributed by atoms with Gasteiger partial charge in [-0.25, -0.2) is 0 Å². The van der Waals surface area contributed by atoms with Gasteiger partial charge in [0.05, 0.1) is 17.2 Å². The summed E-state index contributed by atoms with van der Waals surface area (Å²) in [6.45, 7) is 4.54. The van der Waals surface area contributed by atoms with Gasteiger partial charge in [0.1, 0.15) is 0 Å². The number of hydrogen-bond acceptors (Lipinski definition) is 3. The third-order valence-corrected chi connectivity index (χ3v) is 10.2. The van der Waals surface area contributed by atoms with E-state index in [1.165, 1.54) is 44.9 Å². The number of carbonyl (C=O) groups is 1. The number of Topliss-reactive ketones (excluding diaryl/α,β-unsaturated/α-hetero) is 1. The van der Waals surface area contributed by atoms with Gasteiger partial charge in [0, 0.05) is 12.0 Å². The molecule has 0 spiro atoms. The first-order valence-corrected chi connectivity index (χ1v) is 12.6. The van der Waals surface area contributed by atoms with E-state index in [0.29, 0.717) is 23.3 Å². The maximum Gasteiger partial charge on any atom is 0.163 e. The van der Waals surface area contributed by atoms with Crippen molar-refractivity contribution in [2.24, 2.45) is 40.9 Å². The fourth-order valence-corrected chi connectivity index (χ4v) is 8.60. The topological polar surface area (TPSA) is 61.1 Å². The quantitative estimate of drug-likeness (QED) is 0.598. The zero-order valence-electron chi connectivity index (χ0n) is 19.1. The van der Waals surface area contributed by atoms with Gasteiger partial charge in [-0.2, -0.15) is 5.26 Å². The Bertz CT molecular complexity index is 881. The van der Waals surface area contributed by atoms with Crippen molar-refractivity contribution in [1.29, 1.82) is 5.26 Å². The highest BCUT2D eigenvalue weighted by Gasteiger charge is 2.57. The Balaban J connectivity index is 1.29. The number of ketones is 1. The Morgan fingerprint density at radius 3 is 2.48 bits per heavy atom. The molecule has 4 aliphatic rings. The molecule has 8 atom stereocenters. The van der Waals surface area contributed by atoms with Gasteiger partial charge in [-0.3, -0.25) is 4.79 Å². The van der Waals surface area contributed by atoms with Gasteiger partial charge in [-0.05, 0) is 118 Å². The molecule has 0 heterocycles. The molecular formula is C28H37NO2. The van der Waals surface area contributed by atoms with Crippen LogP contribution in [0.4, 0.5) is 0 Å². The smallest absolute Gasteiger partial charge is 0.163 e. The number of rotatable bonds is 3. The second kappa shape index (κ2) is 7.73. The summed E-state index contributed by atoms with van der Waals surface area (Å²) in [5.74, 6) is 4.74. The van der Waals surface area contributed by atoms with E-state index in [2.05, 4.69) is 13.0 Å². The van der Waals surface area contributed by atoms with Crippen molar-refractivity contribution in [3.63, 3.8) is 0 Å². The van der Waals surface area contributed by atoms with Crippen LogP contribution in [0.15, 0.2) is 24.3 Å². The molecule has 0 bridgehead atoms. The molecule has 4 aliphatic carbocycles. The van der Waals surface area contributed by atoms with Gasteiger partial charge in [0.25, 0.3) is 0 Å². The Morgan fingerprint density at radius 1 is 1.00 bits per heavy atom. The molecule has 166 valence electrons. The fraction of sp³-hybridized carbons (Fsp3) is 0.714. The number of benzene rings is 1. The van der Waals surface area contributed by atoms with Crippen LogP contribution >= 0.6 is 0 Å². The molecule has 4 fully saturated rings. The van der Waals surface area contributed by atoms with Gasteiger partial charge in [0.2, 0.25) is 0 Å². The minimum Gasteiger partial charge on any atom is -0.390 e. The lowest BCUT2D eigenvalue weighted by molar-refractivity contribution is -0.0994. The van der Waals surface area contributed by atoms with E-state index in [4.69, 9.17) is 5.26 Å². The molecule has 0 unspecified atom stereocenters. The zero-order valence-corrected chi connectivity index (χ0v) is 19.1. The number of carbonyl (C=O) groups excluding carboxylic acids is 1. The molecule has 3 heteroatoms. The molecule has 4 saturated carbocycles.